The summed E-state index contributed by atoms with van der Waals surface area (Å²) in [6.07, 6.45) is 1.93. The van der Waals surface area contributed by atoms with Crippen LogP contribution in [0.4, 0.5) is 0 Å². The summed E-state index contributed by atoms with van der Waals surface area (Å²) >= 11 is 3.42. The Labute approximate surface area is 112 Å². The zero-order chi connectivity index (χ0) is 11.9. The number of benzene rings is 1. The second kappa shape index (κ2) is 3.86. The summed E-state index contributed by atoms with van der Waals surface area (Å²) in [5.74, 6) is 0.820. The summed E-state index contributed by atoms with van der Waals surface area (Å²) in [6, 6.07) is 12.5. The lowest BCUT2D eigenvalue weighted by atomic mass is 10.2. The van der Waals surface area contributed by atoms with Crippen LogP contribution in [0.2, 0.25) is 0 Å². The third kappa shape index (κ3) is 1.46. The zero-order valence-corrected chi connectivity index (χ0v) is 11.0. The van der Waals surface area contributed by atoms with Crippen LogP contribution in [0, 0.1) is 0 Å². The summed E-state index contributed by atoms with van der Waals surface area (Å²) in [4.78, 5) is 10.3. The summed E-state index contributed by atoms with van der Waals surface area (Å²) in [5.41, 5.74) is 1.06. The first-order valence-corrected chi connectivity index (χ1v) is 7.29. The molecule has 0 fully saturated rings. The predicted octanol–water partition coefficient (Wildman–Crippen LogP) is 4.57. The van der Waals surface area contributed by atoms with Gasteiger partial charge in [0.25, 0.3) is 0 Å². The molecule has 0 N–H and O–H groups in total. The van der Waals surface area contributed by atoms with E-state index in [1.165, 1.54) is 10.1 Å². The molecular weight excluding hydrogens is 260 g/mol. The first-order valence-electron chi connectivity index (χ1n) is 5.60. The first kappa shape index (κ1) is 10.2. The van der Waals surface area contributed by atoms with Crippen molar-refractivity contribution in [2.24, 2.45) is 0 Å². The molecule has 0 aliphatic carbocycles. The van der Waals surface area contributed by atoms with Gasteiger partial charge in [-0.3, -0.25) is 0 Å². The van der Waals surface area contributed by atoms with Crippen LogP contribution in [0.5, 0.6) is 0 Å². The van der Waals surface area contributed by atoms with Crippen molar-refractivity contribution in [3.05, 3.63) is 48.0 Å². The van der Waals surface area contributed by atoms with Crippen LogP contribution < -0.4 is 0 Å². The van der Waals surface area contributed by atoms with Gasteiger partial charge >= 0.3 is 0 Å². The zero-order valence-electron chi connectivity index (χ0n) is 9.33. The third-order valence-electron chi connectivity index (χ3n) is 2.86. The second-order valence-corrected chi connectivity index (χ2v) is 6.01. The molecule has 2 nitrogen and oxygen atoms in total. The predicted molar refractivity (Wildman–Crippen MR) is 78.2 cm³/mol. The van der Waals surface area contributed by atoms with Gasteiger partial charge in [-0.2, -0.15) is 0 Å². The summed E-state index contributed by atoms with van der Waals surface area (Å²) in [6.45, 7) is 0. The van der Waals surface area contributed by atoms with E-state index < -0.39 is 0 Å². The lowest BCUT2D eigenvalue weighted by Crippen LogP contribution is -1.85. The Morgan fingerprint density at radius 2 is 1.89 bits per heavy atom. The minimum atomic E-state index is 0.820. The SMILES string of the molecule is c1csc(-c2ncc3sc4ccccc4c3n2)c1. The first-order chi connectivity index (χ1) is 8.92. The third-order valence-corrected chi connectivity index (χ3v) is 4.82. The van der Waals surface area contributed by atoms with Gasteiger partial charge in [0.05, 0.1) is 15.1 Å². The van der Waals surface area contributed by atoms with E-state index in [0.29, 0.717) is 0 Å². The highest BCUT2D eigenvalue weighted by Gasteiger charge is 2.09. The topological polar surface area (TPSA) is 25.8 Å². The van der Waals surface area contributed by atoms with Gasteiger partial charge in [-0.15, -0.1) is 22.7 Å². The monoisotopic (exact) mass is 268 g/mol. The minimum Gasteiger partial charge on any atom is -0.234 e. The second-order valence-electron chi connectivity index (χ2n) is 3.98. The van der Waals surface area contributed by atoms with Crippen molar-refractivity contribution in [1.82, 2.24) is 9.97 Å². The molecule has 18 heavy (non-hydrogen) atoms. The number of hydrogen-bond donors (Lipinski definition) is 0. The van der Waals surface area contributed by atoms with Crippen molar-refractivity contribution < 1.29 is 0 Å². The maximum Gasteiger partial charge on any atom is 0.170 e. The molecule has 0 atom stereocenters. The Hall–Kier alpha value is -1.78. The van der Waals surface area contributed by atoms with Gasteiger partial charge < -0.3 is 0 Å². The Kier molecular flexibility index (Phi) is 2.18. The Bertz CT molecular complexity index is 831. The molecule has 4 aromatic rings. The molecule has 0 saturated carbocycles. The number of nitrogens with zero attached hydrogens (tertiary/aromatic N) is 2. The Morgan fingerprint density at radius 3 is 2.78 bits per heavy atom. The van der Waals surface area contributed by atoms with E-state index in [0.717, 1.165) is 20.9 Å². The number of fused-ring (bicyclic) bond motifs is 3. The minimum absolute atomic E-state index is 0.820. The Balaban J connectivity index is 2.07. The highest BCUT2D eigenvalue weighted by molar-refractivity contribution is 7.25. The molecule has 0 bridgehead atoms. The number of thiophene rings is 2. The number of aromatic nitrogens is 2. The average Bonchev–Trinajstić information content (AvgIpc) is 3.05. The van der Waals surface area contributed by atoms with Gasteiger partial charge in [-0.1, -0.05) is 24.3 Å². The van der Waals surface area contributed by atoms with Crippen molar-refractivity contribution >= 4 is 43.0 Å². The quantitative estimate of drug-likeness (QED) is 0.505. The van der Waals surface area contributed by atoms with Gasteiger partial charge in [0, 0.05) is 16.3 Å². The lowest BCUT2D eigenvalue weighted by molar-refractivity contribution is 1.25. The lowest BCUT2D eigenvalue weighted by Gasteiger charge is -1.96. The van der Waals surface area contributed by atoms with Gasteiger partial charge in [0.15, 0.2) is 5.82 Å². The van der Waals surface area contributed by atoms with Crippen molar-refractivity contribution in [3.63, 3.8) is 0 Å². The fourth-order valence-electron chi connectivity index (χ4n) is 2.03. The molecule has 3 aromatic heterocycles. The maximum absolute atomic E-state index is 4.72. The number of rotatable bonds is 1. The summed E-state index contributed by atoms with van der Waals surface area (Å²) in [7, 11) is 0. The largest absolute Gasteiger partial charge is 0.234 e. The number of hydrogen-bond acceptors (Lipinski definition) is 4. The normalized spacial score (nSPS) is 11.3. The van der Waals surface area contributed by atoms with Crippen LogP contribution in [-0.4, -0.2) is 9.97 Å². The fraction of sp³-hybridized carbons (Fsp3) is 0. The maximum atomic E-state index is 4.72. The van der Waals surface area contributed by atoms with E-state index in [2.05, 4.69) is 40.7 Å². The van der Waals surface area contributed by atoms with Crippen LogP contribution in [0.3, 0.4) is 0 Å². The van der Waals surface area contributed by atoms with E-state index in [9.17, 15) is 0 Å². The molecule has 0 aliphatic rings. The van der Waals surface area contributed by atoms with Gasteiger partial charge in [-0.25, -0.2) is 9.97 Å². The Morgan fingerprint density at radius 1 is 0.944 bits per heavy atom. The van der Waals surface area contributed by atoms with E-state index >= 15 is 0 Å². The molecule has 0 amide bonds. The molecular formula is C14H8N2S2. The molecule has 4 rings (SSSR count). The van der Waals surface area contributed by atoms with Gasteiger partial charge in [0.2, 0.25) is 0 Å². The van der Waals surface area contributed by atoms with E-state index in [1.807, 2.05) is 12.3 Å². The molecule has 4 heteroatoms. The highest BCUT2D eigenvalue weighted by Crippen LogP contribution is 2.33. The van der Waals surface area contributed by atoms with E-state index in [4.69, 9.17) is 4.98 Å². The molecule has 86 valence electrons. The van der Waals surface area contributed by atoms with Crippen molar-refractivity contribution in [2.75, 3.05) is 0 Å². The molecule has 0 spiro atoms. The average molecular weight is 268 g/mol. The van der Waals surface area contributed by atoms with Crippen LogP contribution >= 0.6 is 22.7 Å². The van der Waals surface area contributed by atoms with Crippen LogP contribution in [0.25, 0.3) is 31.0 Å². The standard InChI is InChI=1S/C14H8N2S2/c1-2-5-10-9(4-1)13-12(18-10)8-15-14(16-13)11-6-3-7-17-11/h1-8H. The van der Waals surface area contributed by atoms with Crippen molar-refractivity contribution in [3.8, 4) is 10.7 Å². The molecule has 0 aliphatic heterocycles. The van der Waals surface area contributed by atoms with Crippen molar-refractivity contribution in [1.29, 1.82) is 0 Å². The summed E-state index contributed by atoms with van der Waals surface area (Å²) < 4.78 is 2.42. The van der Waals surface area contributed by atoms with Crippen LogP contribution in [0.1, 0.15) is 0 Å². The molecule has 0 saturated heterocycles. The molecule has 1 aromatic carbocycles. The smallest absolute Gasteiger partial charge is 0.170 e. The van der Waals surface area contributed by atoms with Crippen LogP contribution in [0.15, 0.2) is 48.0 Å². The molecule has 0 unspecified atom stereocenters. The highest BCUT2D eigenvalue weighted by atomic mass is 32.1. The summed E-state index contributed by atoms with van der Waals surface area (Å²) in [5, 5.41) is 3.27. The van der Waals surface area contributed by atoms with Crippen molar-refractivity contribution in [2.45, 2.75) is 0 Å². The fourth-order valence-corrected chi connectivity index (χ4v) is 3.71. The van der Waals surface area contributed by atoms with E-state index in [1.54, 1.807) is 22.7 Å². The van der Waals surface area contributed by atoms with Gasteiger partial charge in [0.1, 0.15) is 0 Å². The van der Waals surface area contributed by atoms with E-state index in [-0.39, 0.29) is 0 Å². The molecule has 3 heterocycles. The van der Waals surface area contributed by atoms with Gasteiger partial charge in [-0.05, 0) is 17.5 Å². The van der Waals surface area contributed by atoms with Crippen LogP contribution in [-0.2, 0) is 0 Å². The molecule has 0 radical (unpaired) electrons.